The van der Waals surface area contributed by atoms with Gasteiger partial charge in [0.05, 0.1) is 19.0 Å². The Morgan fingerprint density at radius 3 is 2.11 bits per heavy atom. The summed E-state index contributed by atoms with van der Waals surface area (Å²) in [6.07, 6.45) is 0.311. The molecule has 1 atom stereocenters. The Morgan fingerprint density at radius 1 is 0.963 bits per heavy atom. The zero-order chi connectivity index (χ0) is 19.1. The second kappa shape index (κ2) is 9.12. The van der Waals surface area contributed by atoms with E-state index < -0.39 is 16.1 Å². The molecule has 27 heavy (non-hydrogen) atoms. The van der Waals surface area contributed by atoms with Crippen molar-refractivity contribution in [3.63, 3.8) is 0 Å². The highest BCUT2D eigenvalue weighted by Gasteiger charge is 2.29. The molecule has 1 aliphatic rings. The summed E-state index contributed by atoms with van der Waals surface area (Å²) < 4.78 is 33.3. The lowest BCUT2D eigenvalue weighted by Crippen LogP contribution is -2.52. The number of ether oxygens (including phenoxy) is 1. The van der Waals surface area contributed by atoms with Crippen molar-refractivity contribution in [2.75, 3.05) is 26.3 Å². The Balaban J connectivity index is 1.76. The van der Waals surface area contributed by atoms with Gasteiger partial charge in [0.2, 0.25) is 15.9 Å². The highest BCUT2D eigenvalue weighted by Crippen LogP contribution is 2.11. The van der Waals surface area contributed by atoms with Crippen LogP contribution in [0, 0.1) is 0 Å². The van der Waals surface area contributed by atoms with Crippen molar-refractivity contribution in [3.8, 4) is 0 Å². The second-order valence-electron chi connectivity index (χ2n) is 6.54. The van der Waals surface area contributed by atoms with Crippen LogP contribution in [-0.4, -0.2) is 51.6 Å². The van der Waals surface area contributed by atoms with Crippen LogP contribution in [0.25, 0.3) is 0 Å². The Labute approximate surface area is 160 Å². The molecule has 1 aliphatic heterocycles. The maximum Gasteiger partial charge on any atom is 0.241 e. The van der Waals surface area contributed by atoms with E-state index in [0.29, 0.717) is 38.3 Å². The average molecular weight is 388 g/mol. The van der Waals surface area contributed by atoms with E-state index in [0.717, 1.165) is 5.56 Å². The smallest absolute Gasteiger partial charge is 0.241 e. The van der Waals surface area contributed by atoms with Gasteiger partial charge in [0, 0.05) is 13.1 Å². The molecule has 2 aromatic rings. The van der Waals surface area contributed by atoms with Gasteiger partial charge in [0.15, 0.2) is 0 Å². The molecule has 3 rings (SSSR count). The van der Waals surface area contributed by atoms with E-state index in [9.17, 15) is 13.2 Å². The Morgan fingerprint density at radius 2 is 1.52 bits per heavy atom. The molecule has 1 N–H and O–H groups in total. The summed E-state index contributed by atoms with van der Waals surface area (Å²) in [7, 11) is -3.67. The lowest BCUT2D eigenvalue weighted by molar-refractivity contribution is -0.137. The maximum atomic E-state index is 13.0. The molecule has 144 valence electrons. The standard InChI is InChI=1S/C20H24N2O4S/c23-20(22-11-13-26-14-12-22)19(15-17-7-3-1-4-8-17)21-27(24,25)16-18-9-5-2-6-10-18/h1-10,19,21H,11-16H2/t19-/m0/s1. The number of nitrogens with zero attached hydrogens (tertiary/aromatic N) is 1. The summed E-state index contributed by atoms with van der Waals surface area (Å²) in [5.74, 6) is -0.367. The molecule has 2 aromatic carbocycles. The van der Waals surface area contributed by atoms with E-state index in [1.54, 1.807) is 29.2 Å². The van der Waals surface area contributed by atoms with Gasteiger partial charge in [-0.2, -0.15) is 0 Å². The molecule has 6 nitrogen and oxygen atoms in total. The topological polar surface area (TPSA) is 75.7 Å². The highest BCUT2D eigenvalue weighted by atomic mass is 32.2. The molecule has 1 heterocycles. The molecule has 0 radical (unpaired) electrons. The quantitative estimate of drug-likeness (QED) is 0.781. The number of rotatable bonds is 7. The van der Waals surface area contributed by atoms with E-state index in [4.69, 9.17) is 4.74 Å². The van der Waals surface area contributed by atoms with Crippen LogP contribution in [0.15, 0.2) is 60.7 Å². The first-order valence-electron chi connectivity index (χ1n) is 8.98. The summed E-state index contributed by atoms with van der Waals surface area (Å²) in [6.45, 7) is 1.90. The third-order valence-electron chi connectivity index (χ3n) is 4.42. The first-order chi connectivity index (χ1) is 13.0. The molecular formula is C20H24N2O4S. The van der Waals surface area contributed by atoms with Gasteiger partial charge in [-0.3, -0.25) is 4.79 Å². The number of amides is 1. The van der Waals surface area contributed by atoms with E-state index in [1.165, 1.54) is 0 Å². The molecule has 0 bridgehead atoms. The van der Waals surface area contributed by atoms with E-state index in [2.05, 4.69) is 4.72 Å². The summed E-state index contributed by atoms with van der Waals surface area (Å²) in [5, 5.41) is 0. The van der Waals surface area contributed by atoms with Gasteiger partial charge in [-0.15, -0.1) is 0 Å². The molecular weight excluding hydrogens is 364 g/mol. The molecule has 0 unspecified atom stereocenters. The van der Waals surface area contributed by atoms with Gasteiger partial charge in [-0.25, -0.2) is 13.1 Å². The van der Waals surface area contributed by atoms with Crippen molar-refractivity contribution >= 4 is 15.9 Å². The van der Waals surface area contributed by atoms with Crippen molar-refractivity contribution in [1.29, 1.82) is 0 Å². The van der Waals surface area contributed by atoms with Crippen LogP contribution in [0.4, 0.5) is 0 Å². The fourth-order valence-corrected chi connectivity index (χ4v) is 4.42. The Hall–Kier alpha value is -2.22. The number of hydrogen-bond acceptors (Lipinski definition) is 4. The van der Waals surface area contributed by atoms with Gasteiger partial charge in [-0.05, 0) is 17.5 Å². The SMILES string of the molecule is O=C([C@H](Cc1ccccc1)NS(=O)(=O)Cc1ccccc1)N1CCOCC1. The maximum absolute atomic E-state index is 13.0. The van der Waals surface area contributed by atoms with Gasteiger partial charge in [-0.1, -0.05) is 60.7 Å². The second-order valence-corrected chi connectivity index (χ2v) is 8.30. The number of carbonyl (C=O) groups is 1. The fraction of sp³-hybridized carbons (Fsp3) is 0.350. The largest absolute Gasteiger partial charge is 0.378 e. The van der Waals surface area contributed by atoms with Crippen molar-refractivity contribution in [3.05, 3.63) is 71.8 Å². The van der Waals surface area contributed by atoms with Crippen molar-refractivity contribution in [2.24, 2.45) is 0 Å². The molecule has 0 aromatic heterocycles. The minimum absolute atomic E-state index is 0.157. The highest BCUT2D eigenvalue weighted by molar-refractivity contribution is 7.88. The molecule has 7 heteroatoms. The third-order valence-corrected chi connectivity index (χ3v) is 5.78. The van der Waals surface area contributed by atoms with Gasteiger partial charge < -0.3 is 9.64 Å². The zero-order valence-electron chi connectivity index (χ0n) is 15.1. The van der Waals surface area contributed by atoms with E-state index in [-0.39, 0.29) is 11.7 Å². The Bertz CT molecular complexity index is 835. The van der Waals surface area contributed by atoms with Gasteiger partial charge in [0.25, 0.3) is 0 Å². The molecule has 1 amide bonds. The van der Waals surface area contributed by atoms with Crippen LogP contribution >= 0.6 is 0 Å². The lowest BCUT2D eigenvalue weighted by Gasteiger charge is -2.30. The predicted octanol–water partition coefficient (Wildman–Crippen LogP) is 1.58. The van der Waals surface area contributed by atoms with Gasteiger partial charge in [0.1, 0.15) is 6.04 Å². The first kappa shape index (κ1) is 19.5. The molecule has 0 aliphatic carbocycles. The van der Waals surface area contributed by atoms with Crippen molar-refractivity contribution in [2.45, 2.75) is 18.2 Å². The van der Waals surface area contributed by atoms with Crippen LogP contribution in [0.2, 0.25) is 0 Å². The fourth-order valence-electron chi connectivity index (χ4n) is 3.09. The summed E-state index contributed by atoms with van der Waals surface area (Å²) in [6, 6.07) is 17.6. The number of benzene rings is 2. The monoisotopic (exact) mass is 388 g/mol. The number of hydrogen-bond donors (Lipinski definition) is 1. The summed E-state index contributed by atoms with van der Waals surface area (Å²) in [5.41, 5.74) is 1.59. The normalized spacial score (nSPS) is 16.1. The van der Waals surface area contributed by atoms with Crippen LogP contribution < -0.4 is 4.72 Å². The molecule has 0 spiro atoms. The van der Waals surface area contributed by atoms with E-state index >= 15 is 0 Å². The van der Waals surface area contributed by atoms with Gasteiger partial charge >= 0.3 is 0 Å². The Kier molecular flexibility index (Phi) is 6.60. The number of nitrogens with one attached hydrogen (secondary N) is 1. The predicted molar refractivity (Wildman–Crippen MR) is 104 cm³/mol. The number of sulfonamides is 1. The molecule has 1 saturated heterocycles. The van der Waals surface area contributed by atoms with Crippen LogP contribution in [0.1, 0.15) is 11.1 Å². The first-order valence-corrected chi connectivity index (χ1v) is 10.6. The van der Waals surface area contributed by atoms with E-state index in [1.807, 2.05) is 36.4 Å². The lowest BCUT2D eigenvalue weighted by atomic mass is 10.1. The van der Waals surface area contributed by atoms with Crippen molar-refractivity contribution < 1.29 is 17.9 Å². The molecule has 1 fully saturated rings. The molecule has 0 saturated carbocycles. The zero-order valence-corrected chi connectivity index (χ0v) is 15.9. The minimum atomic E-state index is -3.67. The minimum Gasteiger partial charge on any atom is -0.378 e. The van der Waals surface area contributed by atoms with Crippen LogP contribution in [0.5, 0.6) is 0 Å². The van der Waals surface area contributed by atoms with Crippen LogP contribution in [-0.2, 0) is 31.7 Å². The number of carbonyl (C=O) groups excluding carboxylic acids is 1. The third kappa shape index (κ3) is 5.89. The van der Waals surface area contributed by atoms with Crippen molar-refractivity contribution in [1.82, 2.24) is 9.62 Å². The summed E-state index contributed by atoms with van der Waals surface area (Å²) >= 11 is 0. The summed E-state index contributed by atoms with van der Waals surface area (Å²) in [4.78, 5) is 14.6. The number of morpholine rings is 1. The van der Waals surface area contributed by atoms with Crippen LogP contribution in [0.3, 0.4) is 0 Å². The average Bonchev–Trinajstić information content (AvgIpc) is 2.68.